The van der Waals surface area contributed by atoms with Crippen LogP contribution in [0.1, 0.15) is 33.1 Å². The fourth-order valence-corrected chi connectivity index (χ4v) is 1.81. The van der Waals surface area contributed by atoms with Gasteiger partial charge in [-0.3, -0.25) is 4.79 Å². The number of hydrogen-bond acceptors (Lipinski definition) is 4. The Morgan fingerprint density at radius 2 is 1.67 bits per heavy atom. The molecule has 1 aromatic carbocycles. The first-order valence-corrected chi connectivity index (χ1v) is 7.55. The van der Waals surface area contributed by atoms with Gasteiger partial charge in [-0.25, -0.2) is 0 Å². The summed E-state index contributed by atoms with van der Waals surface area (Å²) in [5.74, 6) is 1.26. The average Bonchev–Trinajstić information content (AvgIpc) is 2.49. The van der Waals surface area contributed by atoms with Crippen molar-refractivity contribution < 1.29 is 14.3 Å². The summed E-state index contributed by atoms with van der Waals surface area (Å²) < 4.78 is 11.1. The van der Waals surface area contributed by atoms with Gasteiger partial charge in [-0.1, -0.05) is 13.8 Å². The highest BCUT2D eigenvalue weighted by atomic mass is 16.5. The number of amides is 1. The Bertz CT molecular complexity index is 406. The van der Waals surface area contributed by atoms with Crippen molar-refractivity contribution in [2.75, 3.05) is 19.8 Å². The number of rotatable bonds is 11. The molecule has 1 rings (SSSR count). The molecule has 1 atom stereocenters. The minimum Gasteiger partial charge on any atom is -0.494 e. The number of benzene rings is 1. The van der Waals surface area contributed by atoms with Gasteiger partial charge in [0.2, 0.25) is 5.91 Å². The summed E-state index contributed by atoms with van der Waals surface area (Å²) in [5, 5.41) is 3.11. The van der Waals surface area contributed by atoms with Crippen LogP contribution in [-0.2, 0) is 4.79 Å². The van der Waals surface area contributed by atoms with Crippen LogP contribution < -0.4 is 20.5 Å². The van der Waals surface area contributed by atoms with Crippen LogP contribution in [0.4, 0.5) is 0 Å². The van der Waals surface area contributed by atoms with E-state index in [2.05, 4.69) is 12.2 Å². The maximum atomic E-state index is 11.3. The van der Waals surface area contributed by atoms with Gasteiger partial charge in [0, 0.05) is 6.42 Å². The van der Waals surface area contributed by atoms with Crippen LogP contribution in [0.5, 0.6) is 11.5 Å². The molecule has 0 heterocycles. The lowest BCUT2D eigenvalue weighted by Crippen LogP contribution is -2.42. The van der Waals surface area contributed by atoms with Crippen molar-refractivity contribution in [3.8, 4) is 11.5 Å². The monoisotopic (exact) mass is 294 g/mol. The zero-order valence-corrected chi connectivity index (χ0v) is 12.9. The minimum absolute atomic E-state index is 0.336. The molecule has 1 amide bonds. The molecular formula is C16H26N2O3. The normalized spacial score (nSPS) is 11.9. The van der Waals surface area contributed by atoms with Gasteiger partial charge < -0.3 is 20.5 Å². The molecule has 1 aromatic rings. The Labute approximate surface area is 126 Å². The lowest BCUT2D eigenvalue weighted by Gasteiger charge is -2.15. The lowest BCUT2D eigenvalue weighted by molar-refractivity contribution is -0.120. The summed E-state index contributed by atoms with van der Waals surface area (Å²) in [7, 11) is 0. The molecule has 1 unspecified atom stereocenters. The van der Waals surface area contributed by atoms with E-state index in [1.54, 1.807) is 0 Å². The molecule has 0 aromatic heterocycles. The number of nitrogens with one attached hydrogen (secondary N) is 1. The van der Waals surface area contributed by atoms with Crippen LogP contribution in [-0.4, -0.2) is 31.7 Å². The molecule has 5 heteroatoms. The van der Waals surface area contributed by atoms with Gasteiger partial charge in [-0.15, -0.1) is 0 Å². The summed E-state index contributed by atoms with van der Waals surface area (Å²) in [6.07, 6.45) is 2.50. The molecule has 0 aliphatic heterocycles. The van der Waals surface area contributed by atoms with Gasteiger partial charge in [-0.2, -0.15) is 0 Å². The molecule has 0 fully saturated rings. The molecule has 0 saturated heterocycles. The Hall–Kier alpha value is -1.75. The van der Waals surface area contributed by atoms with Crippen molar-refractivity contribution in [3.05, 3.63) is 24.3 Å². The van der Waals surface area contributed by atoms with E-state index in [1.165, 1.54) is 0 Å². The maximum Gasteiger partial charge on any atom is 0.234 e. The first-order valence-electron chi connectivity index (χ1n) is 7.55. The Morgan fingerprint density at radius 1 is 1.10 bits per heavy atom. The Balaban J connectivity index is 2.34. The summed E-state index contributed by atoms with van der Waals surface area (Å²) >= 11 is 0. The average molecular weight is 294 g/mol. The van der Waals surface area contributed by atoms with Gasteiger partial charge in [0.05, 0.1) is 19.3 Å². The van der Waals surface area contributed by atoms with E-state index >= 15 is 0 Å². The van der Waals surface area contributed by atoms with E-state index in [9.17, 15) is 4.79 Å². The van der Waals surface area contributed by atoms with Gasteiger partial charge in [0.25, 0.3) is 0 Å². The molecule has 3 N–H and O–H groups in total. The Kier molecular flexibility index (Phi) is 8.28. The van der Waals surface area contributed by atoms with E-state index in [4.69, 9.17) is 15.2 Å². The first kappa shape index (κ1) is 17.3. The van der Waals surface area contributed by atoms with E-state index in [1.807, 2.05) is 31.2 Å². The largest absolute Gasteiger partial charge is 0.494 e. The van der Waals surface area contributed by atoms with Crippen molar-refractivity contribution in [1.82, 2.24) is 5.32 Å². The number of primary amides is 1. The van der Waals surface area contributed by atoms with Crippen LogP contribution in [0.3, 0.4) is 0 Å². The summed E-state index contributed by atoms with van der Waals surface area (Å²) in [5.41, 5.74) is 5.35. The minimum atomic E-state index is -0.338. The summed E-state index contributed by atoms with van der Waals surface area (Å²) in [4.78, 5) is 11.3. The molecular weight excluding hydrogens is 268 g/mol. The molecule has 5 nitrogen and oxygen atoms in total. The van der Waals surface area contributed by atoms with Gasteiger partial charge in [0.15, 0.2) is 0 Å². The number of nitrogens with two attached hydrogens (primary N) is 1. The third kappa shape index (κ3) is 6.99. The standard InChI is InChI=1S/C16H26N2O3/c1-3-10-18-15(16(17)19)9-12-21-14-7-5-13(6-8-14)20-11-4-2/h5-8,15,18H,3-4,9-12H2,1-2H3,(H2,17,19). The fourth-order valence-electron chi connectivity index (χ4n) is 1.81. The number of hydrogen-bond donors (Lipinski definition) is 2. The Morgan fingerprint density at radius 3 is 2.14 bits per heavy atom. The van der Waals surface area contributed by atoms with Gasteiger partial charge in [0.1, 0.15) is 11.5 Å². The molecule has 21 heavy (non-hydrogen) atoms. The van der Waals surface area contributed by atoms with Gasteiger partial charge in [-0.05, 0) is 43.7 Å². The third-order valence-electron chi connectivity index (χ3n) is 2.96. The molecule has 0 aliphatic rings. The van der Waals surface area contributed by atoms with E-state index in [0.29, 0.717) is 19.6 Å². The van der Waals surface area contributed by atoms with Crippen LogP contribution in [0.25, 0.3) is 0 Å². The maximum absolute atomic E-state index is 11.3. The second-order valence-electron chi connectivity index (χ2n) is 4.87. The second kappa shape index (κ2) is 10.0. The van der Waals surface area contributed by atoms with Crippen molar-refractivity contribution in [3.63, 3.8) is 0 Å². The quantitative estimate of drug-likeness (QED) is 0.655. The number of carbonyl (C=O) groups excluding carboxylic acids is 1. The molecule has 0 bridgehead atoms. The van der Waals surface area contributed by atoms with Crippen molar-refractivity contribution >= 4 is 5.91 Å². The van der Waals surface area contributed by atoms with Crippen molar-refractivity contribution in [2.24, 2.45) is 5.73 Å². The fraction of sp³-hybridized carbons (Fsp3) is 0.562. The van der Waals surface area contributed by atoms with Crippen LogP contribution in [0.2, 0.25) is 0 Å². The second-order valence-corrected chi connectivity index (χ2v) is 4.87. The molecule has 0 radical (unpaired) electrons. The highest BCUT2D eigenvalue weighted by Gasteiger charge is 2.13. The topological polar surface area (TPSA) is 73.6 Å². The van der Waals surface area contributed by atoms with E-state index < -0.39 is 0 Å². The van der Waals surface area contributed by atoms with E-state index in [0.717, 1.165) is 30.9 Å². The lowest BCUT2D eigenvalue weighted by atomic mass is 10.2. The van der Waals surface area contributed by atoms with Crippen LogP contribution >= 0.6 is 0 Å². The van der Waals surface area contributed by atoms with Crippen molar-refractivity contribution in [2.45, 2.75) is 39.2 Å². The van der Waals surface area contributed by atoms with Gasteiger partial charge >= 0.3 is 0 Å². The SMILES string of the molecule is CCCNC(CCOc1ccc(OCCC)cc1)C(N)=O. The first-order chi connectivity index (χ1) is 10.2. The highest BCUT2D eigenvalue weighted by Crippen LogP contribution is 2.18. The molecule has 0 aliphatic carbocycles. The van der Waals surface area contributed by atoms with Crippen LogP contribution in [0, 0.1) is 0 Å². The van der Waals surface area contributed by atoms with E-state index in [-0.39, 0.29) is 11.9 Å². The third-order valence-corrected chi connectivity index (χ3v) is 2.96. The molecule has 0 saturated carbocycles. The van der Waals surface area contributed by atoms with Crippen molar-refractivity contribution in [1.29, 1.82) is 0 Å². The zero-order chi connectivity index (χ0) is 15.5. The number of ether oxygens (including phenoxy) is 2. The predicted molar refractivity (Wildman–Crippen MR) is 83.6 cm³/mol. The molecule has 0 spiro atoms. The van der Waals surface area contributed by atoms with Crippen LogP contribution in [0.15, 0.2) is 24.3 Å². The molecule has 118 valence electrons. The number of carbonyl (C=O) groups is 1. The highest BCUT2D eigenvalue weighted by molar-refractivity contribution is 5.79. The predicted octanol–water partition coefficient (Wildman–Crippen LogP) is 2.10. The summed E-state index contributed by atoms with van der Waals surface area (Å²) in [6.45, 7) is 6.04. The smallest absolute Gasteiger partial charge is 0.234 e. The summed E-state index contributed by atoms with van der Waals surface area (Å²) in [6, 6.07) is 7.16. The zero-order valence-electron chi connectivity index (χ0n) is 12.9.